The van der Waals surface area contributed by atoms with Gasteiger partial charge in [0.15, 0.2) is 11.0 Å². The molecule has 0 aliphatic rings. The maximum atomic E-state index is 12.4. The van der Waals surface area contributed by atoms with E-state index in [-0.39, 0.29) is 11.7 Å². The van der Waals surface area contributed by atoms with Crippen molar-refractivity contribution in [3.05, 3.63) is 66.7 Å². The van der Waals surface area contributed by atoms with Crippen LogP contribution >= 0.6 is 11.8 Å². The third-order valence-corrected chi connectivity index (χ3v) is 5.17. The van der Waals surface area contributed by atoms with E-state index in [4.69, 9.17) is 4.74 Å². The molecule has 0 saturated carbocycles. The molecular formula is C22H24N4O2S. The van der Waals surface area contributed by atoms with Crippen LogP contribution in [-0.4, -0.2) is 33.0 Å². The van der Waals surface area contributed by atoms with Gasteiger partial charge in [0.1, 0.15) is 5.75 Å². The second-order valence-corrected chi connectivity index (χ2v) is 7.26. The summed E-state index contributed by atoms with van der Waals surface area (Å²) in [4.78, 5) is 12.4. The Labute approximate surface area is 175 Å². The van der Waals surface area contributed by atoms with E-state index in [0.717, 1.165) is 28.4 Å². The Morgan fingerprint density at radius 3 is 2.66 bits per heavy atom. The van der Waals surface area contributed by atoms with Crippen molar-refractivity contribution in [2.45, 2.75) is 25.5 Å². The molecule has 1 aromatic heterocycles. The summed E-state index contributed by atoms with van der Waals surface area (Å²) in [5.74, 6) is 1.70. The van der Waals surface area contributed by atoms with Crippen LogP contribution < -0.4 is 10.1 Å². The molecule has 7 heteroatoms. The number of thioether (sulfide) groups is 1. The largest absolute Gasteiger partial charge is 0.494 e. The monoisotopic (exact) mass is 408 g/mol. The number of aryl methyl sites for hydroxylation is 1. The molecule has 2 aromatic carbocycles. The molecule has 1 heterocycles. The summed E-state index contributed by atoms with van der Waals surface area (Å²) in [5.41, 5.74) is 2.78. The Hall–Kier alpha value is -3.06. The number of nitrogens with zero attached hydrogens (tertiary/aromatic N) is 3. The smallest absolute Gasteiger partial charge is 0.234 e. The highest BCUT2D eigenvalue weighted by Crippen LogP contribution is 2.26. The summed E-state index contributed by atoms with van der Waals surface area (Å²) >= 11 is 1.35. The molecule has 6 nitrogen and oxygen atoms in total. The molecule has 0 unspecified atom stereocenters. The lowest BCUT2D eigenvalue weighted by atomic mass is 10.2. The molecule has 0 radical (unpaired) electrons. The normalized spacial score (nSPS) is 10.6. The lowest BCUT2D eigenvalue weighted by Gasteiger charge is -2.10. The van der Waals surface area contributed by atoms with Gasteiger partial charge in [-0.25, -0.2) is 0 Å². The number of allylic oxidation sites excluding steroid dienone is 1. The topological polar surface area (TPSA) is 69.0 Å². The summed E-state index contributed by atoms with van der Waals surface area (Å²) in [6.45, 7) is 8.92. The van der Waals surface area contributed by atoms with Crippen LogP contribution in [0.3, 0.4) is 0 Å². The van der Waals surface area contributed by atoms with E-state index < -0.39 is 0 Å². The van der Waals surface area contributed by atoms with Crippen LogP contribution in [0.5, 0.6) is 5.75 Å². The van der Waals surface area contributed by atoms with E-state index >= 15 is 0 Å². The van der Waals surface area contributed by atoms with Gasteiger partial charge >= 0.3 is 0 Å². The first-order chi connectivity index (χ1) is 14.1. The molecular weight excluding hydrogens is 384 g/mol. The molecule has 0 fully saturated rings. The number of anilines is 1. The molecule has 1 amide bonds. The highest BCUT2D eigenvalue weighted by Gasteiger charge is 2.15. The summed E-state index contributed by atoms with van der Waals surface area (Å²) in [5, 5.41) is 12.2. The van der Waals surface area contributed by atoms with Crippen LogP contribution in [0.1, 0.15) is 12.5 Å². The molecule has 0 atom stereocenters. The molecule has 0 spiro atoms. The van der Waals surface area contributed by atoms with E-state index in [1.165, 1.54) is 11.8 Å². The summed E-state index contributed by atoms with van der Waals surface area (Å²) in [6, 6.07) is 15.4. The van der Waals surface area contributed by atoms with Crippen molar-refractivity contribution in [1.29, 1.82) is 0 Å². The van der Waals surface area contributed by atoms with Crippen LogP contribution in [0, 0.1) is 6.92 Å². The Balaban J connectivity index is 1.72. The number of carbonyl (C=O) groups is 1. The molecule has 3 rings (SSSR count). The number of para-hydroxylation sites is 1. The van der Waals surface area contributed by atoms with Gasteiger partial charge < -0.3 is 10.1 Å². The average molecular weight is 409 g/mol. The molecule has 0 bridgehead atoms. The number of aromatic nitrogens is 3. The zero-order chi connectivity index (χ0) is 20.6. The third-order valence-electron chi connectivity index (χ3n) is 4.20. The van der Waals surface area contributed by atoms with Gasteiger partial charge in [-0.3, -0.25) is 9.36 Å². The van der Waals surface area contributed by atoms with Crippen molar-refractivity contribution >= 4 is 23.4 Å². The number of amides is 1. The van der Waals surface area contributed by atoms with Gasteiger partial charge in [-0.2, -0.15) is 0 Å². The number of ether oxygens (including phenoxy) is 1. The minimum absolute atomic E-state index is 0.0833. The molecule has 0 saturated heterocycles. The van der Waals surface area contributed by atoms with Gasteiger partial charge in [-0.05, 0) is 49.7 Å². The minimum Gasteiger partial charge on any atom is -0.494 e. The van der Waals surface area contributed by atoms with E-state index in [1.807, 2.05) is 66.9 Å². The van der Waals surface area contributed by atoms with Crippen molar-refractivity contribution < 1.29 is 9.53 Å². The van der Waals surface area contributed by atoms with Gasteiger partial charge in [0.25, 0.3) is 0 Å². The molecule has 29 heavy (non-hydrogen) atoms. The maximum absolute atomic E-state index is 12.4. The van der Waals surface area contributed by atoms with Crippen LogP contribution in [0.15, 0.2) is 66.3 Å². The van der Waals surface area contributed by atoms with Crippen LogP contribution in [0.2, 0.25) is 0 Å². The van der Waals surface area contributed by atoms with Gasteiger partial charge in [0.05, 0.1) is 12.4 Å². The van der Waals surface area contributed by atoms with E-state index in [1.54, 1.807) is 6.08 Å². The quantitative estimate of drug-likeness (QED) is 0.415. The molecule has 3 aromatic rings. The van der Waals surface area contributed by atoms with Gasteiger partial charge in [0, 0.05) is 17.8 Å². The lowest BCUT2D eigenvalue weighted by Crippen LogP contribution is -2.15. The fraction of sp³-hybridized carbons (Fsp3) is 0.227. The van der Waals surface area contributed by atoms with Crippen molar-refractivity contribution in [3.63, 3.8) is 0 Å². The Bertz CT molecular complexity index is 983. The van der Waals surface area contributed by atoms with Gasteiger partial charge in [-0.1, -0.05) is 36.0 Å². The highest BCUT2D eigenvalue weighted by molar-refractivity contribution is 7.99. The highest BCUT2D eigenvalue weighted by atomic mass is 32.2. The van der Waals surface area contributed by atoms with Crippen molar-refractivity contribution in [2.75, 3.05) is 17.7 Å². The van der Waals surface area contributed by atoms with Crippen molar-refractivity contribution in [2.24, 2.45) is 0 Å². The van der Waals surface area contributed by atoms with Crippen LogP contribution in [-0.2, 0) is 11.3 Å². The molecule has 1 N–H and O–H groups in total. The summed E-state index contributed by atoms with van der Waals surface area (Å²) in [6.07, 6.45) is 1.79. The van der Waals surface area contributed by atoms with Gasteiger partial charge in [0.2, 0.25) is 5.91 Å². The average Bonchev–Trinajstić information content (AvgIpc) is 3.12. The van der Waals surface area contributed by atoms with E-state index in [0.29, 0.717) is 18.3 Å². The number of nitrogens with one attached hydrogen (secondary N) is 1. The molecule has 150 valence electrons. The van der Waals surface area contributed by atoms with E-state index in [2.05, 4.69) is 22.1 Å². The summed E-state index contributed by atoms with van der Waals surface area (Å²) < 4.78 is 7.45. The minimum atomic E-state index is -0.0833. The van der Waals surface area contributed by atoms with Gasteiger partial charge in [-0.15, -0.1) is 16.8 Å². The predicted octanol–water partition coefficient (Wildman–Crippen LogP) is 4.57. The van der Waals surface area contributed by atoms with E-state index in [9.17, 15) is 4.79 Å². The fourth-order valence-corrected chi connectivity index (χ4v) is 3.55. The van der Waals surface area contributed by atoms with Crippen LogP contribution in [0.4, 0.5) is 5.69 Å². The number of benzene rings is 2. The Morgan fingerprint density at radius 1 is 1.21 bits per heavy atom. The number of rotatable bonds is 9. The second-order valence-electron chi connectivity index (χ2n) is 6.31. The fourth-order valence-electron chi connectivity index (χ4n) is 2.80. The first-order valence-corrected chi connectivity index (χ1v) is 10.4. The Morgan fingerprint density at radius 2 is 1.97 bits per heavy atom. The standard InChI is InChI=1S/C22H24N4O2S/c1-4-14-26-21(17-10-12-18(13-11-17)28-5-2)24-25-22(26)29-15-20(27)23-19-9-7-6-8-16(19)3/h4,6-13H,1,5,14-15H2,2-3H3,(H,23,27). The molecule has 0 aliphatic carbocycles. The zero-order valence-electron chi connectivity index (χ0n) is 16.6. The zero-order valence-corrected chi connectivity index (χ0v) is 17.4. The first-order valence-electron chi connectivity index (χ1n) is 9.38. The summed E-state index contributed by atoms with van der Waals surface area (Å²) in [7, 11) is 0. The van der Waals surface area contributed by atoms with Crippen LogP contribution in [0.25, 0.3) is 11.4 Å². The van der Waals surface area contributed by atoms with Crippen molar-refractivity contribution in [1.82, 2.24) is 14.8 Å². The SMILES string of the molecule is C=CCn1c(SCC(=O)Nc2ccccc2C)nnc1-c1ccc(OCC)cc1. The number of carbonyl (C=O) groups excluding carboxylic acids is 1. The predicted molar refractivity (Wildman–Crippen MR) is 117 cm³/mol. The van der Waals surface area contributed by atoms with Crippen molar-refractivity contribution in [3.8, 4) is 17.1 Å². The third kappa shape index (κ3) is 5.26. The lowest BCUT2D eigenvalue weighted by molar-refractivity contribution is -0.113. The Kier molecular flexibility index (Phi) is 7.08. The maximum Gasteiger partial charge on any atom is 0.234 e. The number of hydrogen-bond acceptors (Lipinski definition) is 5. The molecule has 0 aliphatic heterocycles. The first kappa shape index (κ1) is 20.7. The second kappa shape index (κ2) is 9.93. The number of hydrogen-bond donors (Lipinski definition) is 1.